The third-order valence-electron chi connectivity index (χ3n) is 4.15. The maximum Gasteiger partial charge on any atom is 0.326 e. The molecule has 0 saturated heterocycles. The first-order valence-corrected chi connectivity index (χ1v) is 9.44. The van der Waals surface area contributed by atoms with Crippen LogP contribution >= 0.6 is 0 Å². The second-order valence-electron chi connectivity index (χ2n) is 6.57. The fraction of sp³-hybridized carbons (Fsp3) is 0.765. The van der Waals surface area contributed by atoms with Gasteiger partial charge in [0.2, 0.25) is 11.8 Å². The van der Waals surface area contributed by atoms with E-state index in [-0.39, 0.29) is 19.3 Å². The number of aliphatic carboxylic acids is 2. The molecule has 11 heteroatoms. The van der Waals surface area contributed by atoms with Gasteiger partial charge in [0.25, 0.3) is 0 Å². The summed E-state index contributed by atoms with van der Waals surface area (Å²) in [6, 6.07) is -3.21. The quantitative estimate of drug-likeness (QED) is 0.149. The molecule has 0 spiro atoms. The average molecular weight is 403 g/mol. The van der Waals surface area contributed by atoms with Crippen LogP contribution in [0.1, 0.15) is 51.4 Å². The standard InChI is InChI=1S/C17H33N5O6/c18-9-3-1-5-11(20)15(25)21-12(7-8-14(23)24)16(26)22-13(17(27)28)6-2-4-10-19/h11-13H,1-10,18-20H2,(H,21,25)(H,22,26)(H,23,24)(H,27,28)/t11-,12-,13-/m0/s1. The number of amides is 2. The molecule has 0 rings (SSSR count). The van der Waals surface area contributed by atoms with E-state index >= 15 is 0 Å². The summed E-state index contributed by atoms with van der Waals surface area (Å²) in [4.78, 5) is 46.8. The van der Waals surface area contributed by atoms with Crippen molar-refractivity contribution in [1.82, 2.24) is 10.6 Å². The number of nitrogens with one attached hydrogen (secondary N) is 2. The Kier molecular flexibility index (Phi) is 13.6. The summed E-state index contributed by atoms with van der Waals surface area (Å²) >= 11 is 0. The van der Waals surface area contributed by atoms with Crippen LogP contribution in [0, 0.1) is 0 Å². The zero-order valence-electron chi connectivity index (χ0n) is 16.1. The van der Waals surface area contributed by atoms with E-state index in [1.165, 1.54) is 0 Å². The van der Waals surface area contributed by atoms with Crippen LogP contribution in [0.25, 0.3) is 0 Å². The maximum atomic E-state index is 12.5. The maximum absolute atomic E-state index is 12.5. The first-order chi connectivity index (χ1) is 13.2. The van der Waals surface area contributed by atoms with E-state index in [0.717, 1.165) is 0 Å². The van der Waals surface area contributed by atoms with E-state index in [0.29, 0.717) is 45.2 Å². The summed E-state index contributed by atoms with van der Waals surface area (Å²) in [5.41, 5.74) is 16.6. The van der Waals surface area contributed by atoms with Crippen LogP contribution < -0.4 is 27.8 Å². The van der Waals surface area contributed by atoms with Gasteiger partial charge in [-0.3, -0.25) is 14.4 Å². The number of carboxylic acid groups (broad SMARTS) is 2. The van der Waals surface area contributed by atoms with Crippen LogP contribution in [0.3, 0.4) is 0 Å². The van der Waals surface area contributed by atoms with Crippen LogP contribution in [0.15, 0.2) is 0 Å². The molecule has 0 radical (unpaired) electrons. The molecule has 28 heavy (non-hydrogen) atoms. The fourth-order valence-electron chi connectivity index (χ4n) is 2.48. The molecule has 3 atom stereocenters. The Balaban J connectivity index is 4.94. The topological polar surface area (TPSA) is 211 Å². The van der Waals surface area contributed by atoms with Crippen LogP contribution in [0.2, 0.25) is 0 Å². The van der Waals surface area contributed by atoms with Crippen LogP contribution in [0.4, 0.5) is 0 Å². The number of hydrogen-bond acceptors (Lipinski definition) is 7. The summed E-state index contributed by atoms with van der Waals surface area (Å²) in [6.07, 6.45) is 2.45. The normalized spacial score (nSPS) is 14.0. The Morgan fingerprint density at radius 3 is 1.79 bits per heavy atom. The Labute approximate surface area is 164 Å². The van der Waals surface area contributed by atoms with Gasteiger partial charge in [0, 0.05) is 6.42 Å². The van der Waals surface area contributed by atoms with Gasteiger partial charge >= 0.3 is 11.9 Å². The van der Waals surface area contributed by atoms with E-state index in [2.05, 4.69) is 10.6 Å². The van der Waals surface area contributed by atoms with E-state index < -0.39 is 41.9 Å². The Morgan fingerprint density at radius 2 is 1.29 bits per heavy atom. The summed E-state index contributed by atoms with van der Waals surface area (Å²) in [7, 11) is 0. The van der Waals surface area contributed by atoms with Crippen molar-refractivity contribution in [2.24, 2.45) is 17.2 Å². The molecule has 0 aliphatic heterocycles. The minimum absolute atomic E-state index is 0.177. The highest BCUT2D eigenvalue weighted by molar-refractivity contribution is 5.92. The number of hydrogen-bond donors (Lipinski definition) is 7. The minimum atomic E-state index is -1.22. The lowest BCUT2D eigenvalue weighted by Crippen LogP contribution is -2.54. The van der Waals surface area contributed by atoms with Crippen LogP contribution in [-0.2, 0) is 19.2 Å². The third-order valence-corrected chi connectivity index (χ3v) is 4.15. The van der Waals surface area contributed by atoms with E-state index in [9.17, 15) is 24.3 Å². The van der Waals surface area contributed by atoms with E-state index in [1.54, 1.807) is 0 Å². The van der Waals surface area contributed by atoms with Gasteiger partial charge in [0.1, 0.15) is 12.1 Å². The molecule has 162 valence electrons. The molecule has 0 saturated carbocycles. The van der Waals surface area contributed by atoms with Crippen molar-refractivity contribution in [1.29, 1.82) is 0 Å². The van der Waals surface area contributed by atoms with Crippen molar-refractivity contribution in [3.8, 4) is 0 Å². The minimum Gasteiger partial charge on any atom is -0.481 e. The molecule has 11 nitrogen and oxygen atoms in total. The second kappa shape index (κ2) is 14.8. The number of carboxylic acids is 2. The fourth-order valence-corrected chi connectivity index (χ4v) is 2.48. The zero-order chi connectivity index (χ0) is 21.5. The van der Waals surface area contributed by atoms with Crippen LogP contribution in [-0.4, -0.2) is 65.2 Å². The Bertz CT molecular complexity index is 516. The van der Waals surface area contributed by atoms with Crippen molar-refractivity contribution < 1.29 is 29.4 Å². The molecule has 0 aromatic rings. The summed E-state index contributed by atoms with van der Waals surface area (Å²) in [5.74, 6) is -3.72. The summed E-state index contributed by atoms with van der Waals surface area (Å²) in [6.45, 7) is 0.873. The highest BCUT2D eigenvalue weighted by atomic mass is 16.4. The molecule has 0 aliphatic rings. The van der Waals surface area contributed by atoms with Gasteiger partial charge in [0.05, 0.1) is 6.04 Å². The predicted octanol–water partition coefficient (Wildman–Crippen LogP) is -1.51. The van der Waals surface area contributed by atoms with Crippen molar-refractivity contribution in [2.45, 2.75) is 69.5 Å². The largest absolute Gasteiger partial charge is 0.481 e. The van der Waals surface area contributed by atoms with E-state index in [1.807, 2.05) is 0 Å². The van der Waals surface area contributed by atoms with Gasteiger partial charge in [-0.05, 0) is 51.6 Å². The summed E-state index contributed by atoms with van der Waals surface area (Å²) in [5, 5.41) is 22.9. The highest BCUT2D eigenvalue weighted by Crippen LogP contribution is 2.05. The number of carbonyl (C=O) groups is 4. The third kappa shape index (κ3) is 11.5. The Hall–Kier alpha value is -2.24. The zero-order valence-corrected chi connectivity index (χ0v) is 16.1. The molecule has 0 fully saturated rings. The molecule has 2 amide bonds. The van der Waals surface area contributed by atoms with Crippen molar-refractivity contribution in [3.63, 3.8) is 0 Å². The first kappa shape index (κ1) is 25.8. The number of nitrogens with two attached hydrogens (primary N) is 3. The van der Waals surface area contributed by atoms with Gasteiger partial charge in [-0.25, -0.2) is 4.79 Å². The van der Waals surface area contributed by atoms with Crippen LogP contribution in [0.5, 0.6) is 0 Å². The predicted molar refractivity (Wildman–Crippen MR) is 102 cm³/mol. The molecule has 0 aliphatic carbocycles. The number of rotatable bonds is 16. The van der Waals surface area contributed by atoms with E-state index in [4.69, 9.17) is 22.3 Å². The second-order valence-corrected chi connectivity index (χ2v) is 6.57. The molecule has 0 heterocycles. The van der Waals surface area contributed by atoms with Gasteiger partial charge in [-0.1, -0.05) is 6.42 Å². The van der Waals surface area contributed by atoms with Gasteiger partial charge < -0.3 is 38.0 Å². The molecule has 0 unspecified atom stereocenters. The lowest BCUT2D eigenvalue weighted by Gasteiger charge is -2.22. The smallest absolute Gasteiger partial charge is 0.326 e. The molecule has 10 N–H and O–H groups in total. The average Bonchev–Trinajstić information content (AvgIpc) is 2.63. The van der Waals surface area contributed by atoms with Gasteiger partial charge in [-0.2, -0.15) is 0 Å². The lowest BCUT2D eigenvalue weighted by atomic mass is 10.1. The number of carbonyl (C=O) groups excluding carboxylic acids is 2. The monoisotopic (exact) mass is 403 g/mol. The SMILES string of the molecule is NCCCC[C@H](NC(=O)[C@H](CCC(=O)O)NC(=O)[C@@H](N)CCCCN)C(=O)O. The molecule has 0 aromatic heterocycles. The van der Waals surface area contributed by atoms with Gasteiger partial charge in [0.15, 0.2) is 0 Å². The summed E-state index contributed by atoms with van der Waals surface area (Å²) < 4.78 is 0. The van der Waals surface area contributed by atoms with Crippen molar-refractivity contribution in [3.05, 3.63) is 0 Å². The van der Waals surface area contributed by atoms with Crippen molar-refractivity contribution >= 4 is 23.8 Å². The molecule has 0 bridgehead atoms. The first-order valence-electron chi connectivity index (χ1n) is 9.44. The lowest BCUT2D eigenvalue weighted by molar-refractivity contribution is -0.143. The molecular formula is C17H33N5O6. The Morgan fingerprint density at radius 1 is 0.750 bits per heavy atom. The highest BCUT2D eigenvalue weighted by Gasteiger charge is 2.28. The number of unbranched alkanes of at least 4 members (excludes halogenated alkanes) is 2. The molecular weight excluding hydrogens is 370 g/mol. The molecule has 0 aromatic carbocycles. The van der Waals surface area contributed by atoms with Gasteiger partial charge in [-0.15, -0.1) is 0 Å². The van der Waals surface area contributed by atoms with Crippen molar-refractivity contribution in [2.75, 3.05) is 13.1 Å².